The molecule has 1 aliphatic rings. The van der Waals surface area contributed by atoms with Crippen molar-refractivity contribution in [1.82, 2.24) is 9.88 Å². The number of nitrogens with zero attached hydrogens (tertiary/aromatic N) is 3. The molecule has 29 heavy (non-hydrogen) atoms. The average molecular weight is 476 g/mol. The molecule has 1 aromatic heterocycles. The summed E-state index contributed by atoms with van der Waals surface area (Å²) in [5, 5.41) is 0.739. The van der Waals surface area contributed by atoms with Gasteiger partial charge in [-0.2, -0.15) is 0 Å². The van der Waals surface area contributed by atoms with E-state index in [1.807, 2.05) is 55.4 Å². The van der Waals surface area contributed by atoms with Crippen LogP contribution in [0.4, 0.5) is 5.13 Å². The fourth-order valence-electron chi connectivity index (χ4n) is 3.19. The fourth-order valence-corrected chi connectivity index (χ4v) is 4.76. The Bertz CT molecular complexity index is 1040. The molecule has 8 heteroatoms. The van der Waals surface area contributed by atoms with E-state index in [0.29, 0.717) is 12.3 Å². The summed E-state index contributed by atoms with van der Waals surface area (Å²) >= 11 is 5.05. The van der Waals surface area contributed by atoms with E-state index in [4.69, 9.17) is 14.5 Å². The minimum atomic E-state index is 0.0285. The highest BCUT2D eigenvalue weighted by molar-refractivity contribution is 9.10. The molecule has 0 saturated carbocycles. The Hall–Kier alpha value is -2.16. The average Bonchev–Trinajstić information content (AvgIpc) is 3.30. The highest BCUT2D eigenvalue weighted by Crippen LogP contribution is 2.34. The minimum absolute atomic E-state index is 0.0285. The van der Waals surface area contributed by atoms with Gasteiger partial charge in [-0.05, 0) is 63.0 Å². The molecule has 0 N–H and O–H groups in total. The van der Waals surface area contributed by atoms with Gasteiger partial charge in [-0.1, -0.05) is 33.3 Å². The van der Waals surface area contributed by atoms with Crippen LogP contribution in [-0.2, 0) is 11.2 Å². The van der Waals surface area contributed by atoms with Gasteiger partial charge in [0.2, 0.25) is 12.7 Å². The quantitative estimate of drug-likeness (QED) is 0.509. The number of anilines is 1. The van der Waals surface area contributed by atoms with E-state index in [1.54, 1.807) is 11.3 Å². The number of rotatable bonds is 7. The summed E-state index contributed by atoms with van der Waals surface area (Å²) in [6.07, 6.45) is 1.16. The van der Waals surface area contributed by atoms with Crippen LogP contribution in [0.25, 0.3) is 10.2 Å². The van der Waals surface area contributed by atoms with Crippen LogP contribution >= 0.6 is 27.3 Å². The maximum Gasteiger partial charge on any atom is 0.233 e. The molecule has 0 spiro atoms. The molecule has 152 valence electrons. The van der Waals surface area contributed by atoms with Crippen LogP contribution in [0.1, 0.15) is 12.0 Å². The second-order valence-corrected chi connectivity index (χ2v) is 9.10. The topological polar surface area (TPSA) is 54.9 Å². The zero-order chi connectivity index (χ0) is 20.4. The lowest BCUT2D eigenvalue weighted by atomic mass is 10.1. The maximum atomic E-state index is 13.2. The van der Waals surface area contributed by atoms with Crippen LogP contribution in [0.2, 0.25) is 0 Å². The van der Waals surface area contributed by atoms with E-state index >= 15 is 0 Å². The van der Waals surface area contributed by atoms with Gasteiger partial charge in [0.1, 0.15) is 0 Å². The number of hydrogen-bond donors (Lipinski definition) is 0. The second kappa shape index (κ2) is 8.69. The molecule has 1 aliphatic heterocycles. The van der Waals surface area contributed by atoms with Crippen molar-refractivity contribution in [2.24, 2.45) is 0 Å². The number of carbonyl (C=O) groups excluding carboxylic acids is 1. The van der Waals surface area contributed by atoms with E-state index < -0.39 is 0 Å². The molecule has 4 rings (SSSR count). The van der Waals surface area contributed by atoms with Gasteiger partial charge in [0.05, 0.1) is 16.6 Å². The van der Waals surface area contributed by atoms with Gasteiger partial charge >= 0.3 is 0 Å². The lowest BCUT2D eigenvalue weighted by Gasteiger charge is -2.21. The highest BCUT2D eigenvalue weighted by atomic mass is 79.9. The third-order valence-corrected chi connectivity index (χ3v) is 6.18. The summed E-state index contributed by atoms with van der Waals surface area (Å²) in [7, 11) is 4.07. The second-order valence-electron chi connectivity index (χ2n) is 7.18. The fraction of sp³-hybridized carbons (Fsp3) is 0.333. The molecule has 0 aliphatic carbocycles. The van der Waals surface area contributed by atoms with Crippen molar-refractivity contribution >= 4 is 48.5 Å². The Morgan fingerprint density at radius 1 is 1.14 bits per heavy atom. The van der Waals surface area contributed by atoms with Crippen LogP contribution in [0.5, 0.6) is 11.5 Å². The van der Waals surface area contributed by atoms with Crippen molar-refractivity contribution in [3.8, 4) is 11.5 Å². The van der Waals surface area contributed by atoms with Crippen molar-refractivity contribution in [3.63, 3.8) is 0 Å². The normalized spacial score (nSPS) is 12.7. The number of amides is 1. The highest BCUT2D eigenvalue weighted by Gasteiger charge is 2.21. The van der Waals surface area contributed by atoms with Gasteiger partial charge in [-0.3, -0.25) is 9.69 Å². The van der Waals surface area contributed by atoms with Gasteiger partial charge in [-0.25, -0.2) is 4.98 Å². The van der Waals surface area contributed by atoms with Crippen LogP contribution in [-0.4, -0.2) is 49.8 Å². The van der Waals surface area contributed by atoms with E-state index in [0.717, 1.165) is 44.1 Å². The number of halogens is 1. The van der Waals surface area contributed by atoms with Crippen LogP contribution in [0, 0.1) is 0 Å². The van der Waals surface area contributed by atoms with Crippen LogP contribution in [0.15, 0.2) is 40.9 Å². The third-order valence-electron chi connectivity index (χ3n) is 4.65. The molecule has 0 bridgehead atoms. The van der Waals surface area contributed by atoms with Crippen molar-refractivity contribution in [1.29, 1.82) is 0 Å². The Morgan fingerprint density at radius 2 is 1.97 bits per heavy atom. The predicted molar refractivity (Wildman–Crippen MR) is 119 cm³/mol. The number of thiazole rings is 1. The van der Waals surface area contributed by atoms with E-state index in [-0.39, 0.29) is 19.1 Å². The first-order valence-corrected chi connectivity index (χ1v) is 11.0. The standard InChI is InChI=1S/C21H22BrN3O3S/c1-24(2)8-3-9-25(21-23-16-6-5-15(22)12-19(16)29-21)20(26)11-14-4-7-17-18(10-14)28-13-27-17/h4-7,10,12H,3,8-9,11,13H2,1-2H3. The van der Waals surface area contributed by atoms with E-state index in [9.17, 15) is 4.79 Å². The molecule has 0 atom stereocenters. The zero-order valence-electron chi connectivity index (χ0n) is 16.4. The molecule has 0 fully saturated rings. The SMILES string of the molecule is CN(C)CCCN(C(=O)Cc1ccc2c(c1)OCO2)c1nc2ccc(Br)cc2s1. The monoisotopic (exact) mass is 475 g/mol. The third kappa shape index (κ3) is 4.71. The summed E-state index contributed by atoms with van der Waals surface area (Å²) in [6.45, 7) is 1.76. The van der Waals surface area contributed by atoms with Crippen LogP contribution < -0.4 is 14.4 Å². The molecule has 0 saturated heterocycles. The van der Waals surface area contributed by atoms with Gasteiger partial charge in [0.15, 0.2) is 16.6 Å². The molecule has 0 unspecified atom stereocenters. The molecular formula is C21H22BrN3O3S. The lowest BCUT2D eigenvalue weighted by molar-refractivity contribution is -0.118. The Morgan fingerprint density at radius 3 is 2.79 bits per heavy atom. The number of aromatic nitrogens is 1. The Balaban J connectivity index is 1.57. The molecule has 6 nitrogen and oxygen atoms in total. The number of benzene rings is 2. The lowest BCUT2D eigenvalue weighted by Crippen LogP contribution is -2.34. The summed E-state index contributed by atoms with van der Waals surface area (Å²) < 4.78 is 12.9. The van der Waals surface area contributed by atoms with Crippen molar-refractivity contribution in [2.45, 2.75) is 12.8 Å². The first kappa shape index (κ1) is 20.1. The Kier molecular flexibility index (Phi) is 6.03. The molecule has 1 amide bonds. The number of carbonyl (C=O) groups is 1. The molecule has 3 aromatic rings. The summed E-state index contributed by atoms with van der Waals surface area (Å²) in [5.41, 5.74) is 1.81. The summed E-state index contributed by atoms with van der Waals surface area (Å²) in [5.74, 6) is 1.45. The minimum Gasteiger partial charge on any atom is -0.454 e. The summed E-state index contributed by atoms with van der Waals surface area (Å²) in [4.78, 5) is 21.9. The number of fused-ring (bicyclic) bond motifs is 2. The van der Waals surface area contributed by atoms with E-state index in [1.165, 1.54) is 0 Å². The molecule has 0 radical (unpaired) electrons. The molecular weight excluding hydrogens is 454 g/mol. The first-order valence-electron chi connectivity index (χ1n) is 9.39. The van der Waals surface area contributed by atoms with E-state index in [2.05, 4.69) is 20.8 Å². The molecule has 2 heterocycles. The predicted octanol–water partition coefficient (Wildman–Crippen LogP) is 4.31. The van der Waals surface area contributed by atoms with Crippen molar-refractivity contribution < 1.29 is 14.3 Å². The number of hydrogen-bond acceptors (Lipinski definition) is 6. The van der Waals surface area contributed by atoms with Gasteiger partial charge in [0.25, 0.3) is 0 Å². The largest absolute Gasteiger partial charge is 0.454 e. The zero-order valence-corrected chi connectivity index (χ0v) is 18.8. The maximum absolute atomic E-state index is 13.2. The van der Waals surface area contributed by atoms with Crippen molar-refractivity contribution in [2.75, 3.05) is 38.9 Å². The van der Waals surface area contributed by atoms with Crippen LogP contribution in [0.3, 0.4) is 0 Å². The first-order chi connectivity index (χ1) is 14.0. The van der Waals surface area contributed by atoms with Gasteiger partial charge in [0, 0.05) is 11.0 Å². The summed E-state index contributed by atoms with van der Waals surface area (Å²) in [6, 6.07) is 11.6. The smallest absolute Gasteiger partial charge is 0.233 e. The Labute approximate surface area is 182 Å². The van der Waals surface area contributed by atoms with Crippen molar-refractivity contribution in [3.05, 3.63) is 46.4 Å². The van der Waals surface area contributed by atoms with Gasteiger partial charge in [-0.15, -0.1) is 0 Å². The molecule has 2 aromatic carbocycles. The number of ether oxygens (including phenoxy) is 2. The van der Waals surface area contributed by atoms with Gasteiger partial charge < -0.3 is 14.4 Å².